The highest BCUT2D eigenvalue weighted by atomic mass is 32.2. The van der Waals surface area contributed by atoms with E-state index in [2.05, 4.69) is 9.97 Å². The maximum Gasteiger partial charge on any atom is 0.274 e. The van der Waals surface area contributed by atoms with Gasteiger partial charge in [0, 0.05) is 50.2 Å². The molecule has 0 spiro atoms. The lowest BCUT2D eigenvalue weighted by Gasteiger charge is -2.36. The fourth-order valence-corrected chi connectivity index (χ4v) is 3.84. The summed E-state index contributed by atoms with van der Waals surface area (Å²) < 4.78 is 0. The molecule has 4 heterocycles. The molecule has 0 unspecified atom stereocenters. The molecule has 3 aliphatic rings. The summed E-state index contributed by atoms with van der Waals surface area (Å²) in [6, 6.07) is 0.142. The van der Waals surface area contributed by atoms with E-state index >= 15 is 0 Å². The lowest BCUT2D eigenvalue weighted by molar-refractivity contribution is -0.134. The van der Waals surface area contributed by atoms with E-state index in [4.69, 9.17) is 0 Å². The van der Waals surface area contributed by atoms with Gasteiger partial charge in [0.15, 0.2) is 0 Å². The fourth-order valence-electron chi connectivity index (χ4n) is 3.46. The van der Waals surface area contributed by atoms with Gasteiger partial charge in [0.1, 0.15) is 5.69 Å². The third-order valence-corrected chi connectivity index (χ3v) is 5.24. The summed E-state index contributed by atoms with van der Waals surface area (Å²) in [6.45, 7) is 2.09. The van der Waals surface area contributed by atoms with Crippen LogP contribution in [0.25, 0.3) is 0 Å². The third kappa shape index (κ3) is 3.65. The zero-order valence-corrected chi connectivity index (χ0v) is 14.2. The summed E-state index contributed by atoms with van der Waals surface area (Å²) >= 11 is 1.69. The topological polar surface area (TPSA) is 66.4 Å². The predicted octanol–water partition coefficient (Wildman–Crippen LogP) is 1.29. The molecule has 0 aromatic carbocycles. The standard InChI is InChI=1S/C16H22N4O2S/c1-23-7-4-15(21)20-10-12-2-3-13(20)11-19(9-12)16(22)14-8-17-5-6-18-14/h5-6,8,12-13H,2-4,7,9-11H2,1H3/t12-,13+/m0/s1. The largest absolute Gasteiger partial charge is 0.338 e. The van der Waals surface area contributed by atoms with Crippen LogP contribution in [0.3, 0.4) is 0 Å². The molecule has 0 saturated carbocycles. The van der Waals surface area contributed by atoms with E-state index in [-0.39, 0.29) is 17.9 Å². The Hall–Kier alpha value is -1.63. The molecular formula is C16H22N4O2S. The van der Waals surface area contributed by atoms with Crippen LogP contribution in [0.2, 0.25) is 0 Å². The first-order valence-corrected chi connectivity index (χ1v) is 9.42. The van der Waals surface area contributed by atoms with Gasteiger partial charge in [-0.15, -0.1) is 0 Å². The van der Waals surface area contributed by atoms with Crippen LogP contribution in [-0.2, 0) is 4.79 Å². The summed E-state index contributed by atoms with van der Waals surface area (Å²) in [6.07, 6.45) is 9.29. The van der Waals surface area contributed by atoms with Gasteiger partial charge in [-0.3, -0.25) is 14.6 Å². The molecule has 2 atom stereocenters. The van der Waals surface area contributed by atoms with Crippen LogP contribution in [0.4, 0.5) is 0 Å². The lowest BCUT2D eigenvalue weighted by Crippen LogP contribution is -2.47. The van der Waals surface area contributed by atoms with E-state index in [1.54, 1.807) is 18.0 Å². The van der Waals surface area contributed by atoms with E-state index in [1.807, 2.05) is 16.1 Å². The Morgan fingerprint density at radius 1 is 1.26 bits per heavy atom. The summed E-state index contributed by atoms with van der Waals surface area (Å²) in [4.78, 5) is 37.0. The van der Waals surface area contributed by atoms with Gasteiger partial charge in [0.25, 0.3) is 5.91 Å². The fraction of sp³-hybridized carbons (Fsp3) is 0.625. The number of thioether (sulfide) groups is 1. The molecule has 0 aliphatic carbocycles. The number of aromatic nitrogens is 2. The number of piperidine rings is 1. The molecule has 3 saturated heterocycles. The van der Waals surface area contributed by atoms with Gasteiger partial charge in [-0.1, -0.05) is 0 Å². The Bertz CT molecular complexity index is 568. The Morgan fingerprint density at radius 3 is 2.87 bits per heavy atom. The maximum absolute atomic E-state index is 12.6. The molecule has 2 amide bonds. The molecule has 7 heteroatoms. The van der Waals surface area contributed by atoms with Gasteiger partial charge in [-0.25, -0.2) is 4.98 Å². The highest BCUT2D eigenvalue weighted by Gasteiger charge is 2.38. The molecule has 3 aliphatic heterocycles. The minimum atomic E-state index is -0.0755. The molecule has 4 rings (SSSR count). The van der Waals surface area contributed by atoms with Gasteiger partial charge < -0.3 is 9.80 Å². The zero-order valence-electron chi connectivity index (χ0n) is 13.4. The van der Waals surface area contributed by atoms with Gasteiger partial charge in [0.2, 0.25) is 5.91 Å². The van der Waals surface area contributed by atoms with Crippen LogP contribution in [0, 0.1) is 5.92 Å². The van der Waals surface area contributed by atoms with E-state index in [0.717, 1.165) is 25.1 Å². The zero-order chi connectivity index (χ0) is 16.2. The second kappa shape index (κ2) is 7.29. The van der Waals surface area contributed by atoms with Crippen molar-refractivity contribution >= 4 is 23.6 Å². The predicted molar refractivity (Wildman–Crippen MR) is 89.2 cm³/mol. The van der Waals surface area contributed by atoms with Crippen LogP contribution in [-0.4, -0.2) is 69.3 Å². The molecule has 1 aromatic rings. The Morgan fingerprint density at radius 2 is 2.13 bits per heavy atom. The first-order chi connectivity index (χ1) is 11.2. The third-order valence-electron chi connectivity index (χ3n) is 4.62. The van der Waals surface area contributed by atoms with Crippen molar-refractivity contribution in [1.82, 2.24) is 19.8 Å². The number of carbonyl (C=O) groups excluding carboxylic acids is 2. The number of rotatable bonds is 4. The maximum atomic E-state index is 12.6. The average molecular weight is 334 g/mol. The van der Waals surface area contributed by atoms with Crippen molar-refractivity contribution in [1.29, 1.82) is 0 Å². The smallest absolute Gasteiger partial charge is 0.274 e. The Balaban J connectivity index is 1.71. The second-order valence-electron chi connectivity index (χ2n) is 6.19. The Kier molecular flexibility index (Phi) is 5.15. The van der Waals surface area contributed by atoms with E-state index in [0.29, 0.717) is 31.1 Å². The molecule has 0 N–H and O–H groups in total. The van der Waals surface area contributed by atoms with Gasteiger partial charge in [0.05, 0.1) is 6.20 Å². The normalized spacial score (nSPS) is 23.7. The van der Waals surface area contributed by atoms with Crippen LogP contribution in [0.5, 0.6) is 0 Å². The first kappa shape index (κ1) is 16.2. The van der Waals surface area contributed by atoms with Gasteiger partial charge in [-0.2, -0.15) is 11.8 Å². The summed E-state index contributed by atoms with van der Waals surface area (Å²) in [7, 11) is 0. The van der Waals surface area contributed by atoms with Crippen molar-refractivity contribution in [2.24, 2.45) is 5.92 Å². The molecule has 1 aromatic heterocycles. The van der Waals surface area contributed by atoms with Crippen LogP contribution in [0.1, 0.15) is 29.8 Å². The summed E-state index contributed by atoms with van der Waals surface area (Å²) in [5.41, 5.74) is 0.383. The minimum Gasteiger partial charge on any atom is -0.338 e. The highest BCUT2D eigenvalue weighted by Crippen LogP contribution is 2.29. The summed E-state index contributed by atoms with van der Waals surface area (Å²) in [5.74, 6) is 1.37. The molecule has 0 radical (unpaired) electrons. The van der Waals surface area contributed by atoms with Gasteiger partial charge >= 0.3 is 0 Å². The molecule has 2 bridgehead atoms. The van der Waals surface area contributed by atoms with E-state index < -0.39 is 0 Å². The molecular weight excluding hydrogens is 312 g/mol. The molecule has 6 nitrogen and oxygen atoms in total. The molecule has 3 fully saturated rings. The van der Waals surface area contributed by atoms with E-state index in [1.165, 1.54) is 12.4 Å². The Labute approximate surface area is 140 Å². The minimum absolute atomic E-state index is 0.0755. The monoisotopic (exact) mass is 334 g/mol. The number of fused-ring (bicyclic) bond motifs is 4. The van der Waals surface area contributed by atoms with Crippen molar-refractivity contribution < 1.29 is 9.59 Å². The number of hydrogen-bond acceptors (Lipinski definition) is 5. The van der Waals surface area contributed by atoms with Gasteiger partial charge in [-0.05, 0) is 25.0 Å². The van der Waals surface area contributed by atoms with Crippen molar-refractivity contribution in [2.45, 2.75) is 25.3 Å². The van der Waals surface area contributed by atoms with Crippen LogP contribution >= 0.6 is 11.8 Å². The molecule has 23 heavy (non-hydrogen) atoms. The summed E-state index contributed by atoms with van der Waals surface area (Å²) in [5, 5.41) is 0. The highest BCUT2D eigenvalue weighted by molar-refractivity contribution is 7.98. The van der Waals surface area contributed by atoms with Crippen LogP contribution in [0.15, 0.2) is 18.6 Å². The number of nitrogens with zero attached hydrogens (tertiary/aromatic N) is 4. The second-order valence-corrected chi connectivity index (χ2v) is 7.17. The lowest BCUT2D eigenvalue weighted by atomic mass is 9.95. The van der Waals surface area contributed by atoms with Crippen LogP contribution < -0.4 is 0 Å². The van der Waals surface area contributed by atoms with E-state index in [9.17, 15) is 9.59 Å². The van der Waals surface area contributed by atoms with Crippen molar-refractivity contribution in [2.75, 3.05) is 31.6 Å². The first-order valence-electron chi connectivity index (χ1n) is 8.02. The number of amides is 2. The van der Waals surface area contributed by atoms with Crippen molar-refractivity contribution in [3.63, 3.8) is 0 Å². The number of hydrogen-bond donors (Lipinski definition) is 0. The SMILES string of the molecule is CSCCC(=O)N1C[C@H]2CC[C@@H]1CN(C(=O)c1cnccn1)C2. The average Bonchev–Trinajstić information content (AvgIpc) is 2.91. The number of carbonyl (C=O) groups is 2. The molecule has 124 valence electrons. The van der Waals surface area contributed by atoms with Crippen molar-refractivity contribution in [3.8, 4) is 0 Å². The quantitative estimate of drug-likeness (QED) is 0.830. The van der Waals surface area contributed by atoms with Crippen molar-refractivity contribution in [3.05, 3.63) is 24.3 Å².